The predicted octanol–water partition coefficient (Wildman–Crippen LogP) is 2.07. The third-order valence-corrected chi connectivity index (χ3v) is 2.47. The molecule has 2 amide bonds. The van der Waals surface area contributed by atoms with Crippen molar-refractivity contribution in [2.75, 3.05) is 19.0 Å². The zero-order valence-corrected chi connectivity index (χ0v) is 13.3. The number of methoxy groups -OCH3 is 1. The second-order valence-corrected chi connectivity index (χ2v) is 5.54. The van der Waals surface area contributed by atoms with Gasteiger partial charge in [0.25, 0.3) is 5.69 Å². The van der Waals surface area contributed by atoms with Gasteiger partial charge in [-0.1, -0.05) is 0 Å². The van der Waals surface area contributed by atoms with Crippen LogP contribution in [-0.2, 0) is 9.53 Å². The zero-order valence-electron chi connectivity index (χ0n) is 13.3. The minimum Gasteiger partial charge on any atom is -0.496 e. The molecule has 0 aliphatic heterocycles. The van der Waals surface area contributed by atoms with E-state index in [1.165, 1.54) is 25.3 Å². The first-order valence-corrected chi connectivity index (χ1v) is 6.71. The predicted molar refractivity (Wildman–Crippen MR) is 82.5 cm³/mol. The number of nitrogens with one attached hydrogen (secondary N) is 2. The van der Waals surface area contributed by atoms with E-state index >= 15 is 0 Å². The van der Waals surface area contributed by atoms with Crippen LogP contribution in [0.4, 0.5) is 16.2 Å². The molecular weight excluding hydrogens is 306 g/mol. The SMILES string of the molecule is COc1ccc(NC(=O)CNC(=O)OC(C)(C)C)c([N+](=O)[O-])c1. The number of alkyl carbamates (subject to hydrolysis) is 1. The average molecular weight is 325 g/mol. The van der Waals surface area contributed by atoms with Crippen molar-refractivity contribution in [2.45, 2.75) is 26.4 Å². The van der Waals surface area contributed by atoms with E-state index in [4.69, 9.17) is 9.47 Å². The van der Waals surface area contributed by atoms with Crippen molar-refractivity contribution >= 4 is 23.4 Å². The molecule has 1 aromatic rings. The van der Waals surface area contributed by atoms with Gasteiger partial charge in [-0.25, -0.2) is 4.79 Å². The highest BCUT2D eigenvalue weighted by molar-refractivity contribution is 5.95. The first kappa shape index (κ1) is 18.2. The molecule has 23 heavy (non-hydrogen) atoms. The van der Waals surface area contributed by atoms with Crippen LogP contribution in [0.2, 0.25) is 0 Å². The van der Waals surface area contributed by atoms with E-state index in [0.29, 0.717) is 5.75 Å². The average Bonchev–Trinajstić information content (AvgIpc) is 2.43. The highest BCUT2D eigenvalue weighted by Gasteiger charge is 2.19. The van der Waals surface area contributed by atoms with E-state index < -0.39 is 22.5 Å². The minimum atomic E-state index is -0.753. The first-order chi connectivity index (χ1) is 10.6. The van der Waals surface area contributed by atoms with E-state index in [1.807, 2.05) is 0 Å². The molecule has 0 aliphatic rings. The summed E-state index contributed by atoms with van der Waals surface area (Å²) in [6.07, 6.45) is -0.753. The van der Waals surface area contributed by atoms with Crippen molar-refractivity contribution in [1.82, 2.24) is 5.32 Å². The third-order valence-electron chi connectivity index (χ3n) is 2.47. The Morgan fingerprint density at radius 1 is 1.30 bits per heavy atom. The number of anilines is 1. The van der Waals surface area contributed by atoms with Crippen molar-refractivity contribution in [3.05, 3.63) is 28.3 Å². The topological polar surface area (TPSA) is 120 Å². The van der Waals surface area contributed by atoms with Gasteiger partial charge < -0.3 is 20.1 Å². The quantitative estimate of drug-likeness (QED) is 0.631. The highest BCUT2D eigenvalue weighted by Crippen LogP contribution is 2.28. The van der Waals surface area contributed by atoms with Crippen molar-refractivity contribution in [2.24, 2.45) is 0 Å². The Labute approximate surface area is 133 Å². The van der Waals surface area contributed by atoms with Crippen LogP contribution in [0.15, 0.2) is 18.2 Å². The van der Waals surface area contributed by atoms with Gasteiger partial charge in [0, 0.05) is 0 Å². The Bertz CT molecular complexity index is 609. The Balaban J connectivity index is 2.67. The summed E-state index contributed by atoms with van der Waals surface area (Å²) in [7, 11) is 1.38. The van der Waals surface area contributed by atoms with Gasteiger partial charge >= 0.3 is 6.09 Å². The number of benzene rings is 1. The maximum Gasteiger partial charge on any atom is 0.408 e. The van der Waals surface area contributed by atoms with Crippen molar-refractivity contribution < 1.29 is 24.0 Å². The van der Waals surface area contributed by atoms with Crippen LogP contribution in [0.1, 0.15) is 20.8 Å². The number of nitrogens with zero attached hydrogens (tertiary/aromatic N) is 1. The van der Waals surface area contributed by atoms with Crippen LogP contribution in [0.5, 0.6) is 5.75 Å². The Morgan fingerprint density at radius 3 is 2.48 bits per heavy atom. The lowest BCUT2D eigenvalue weighted by atomic mass is 10.2. The number of hydrogen-bond donors (Lipinski definition) is 2. The molecule has 0 unspecified atom stereocenters. The lowest BCUT2D eigenvalue weighted by Crippen LogP contribution is -2.37. The molecule has 9 nitrogen and oxygen atoms in total. The Hall–Kier alpha value is -2.84. The molecule has 0 fully saturated rings. The normalized spacial score (nSPS) is 10.6. The zero-order chi connectivity index (χ0) is 17.6. The number of carbonyl (C=O) groups excluding carboxylic acids is 2. The monoisotopic (exact) mass is 325 g/mol. The van der Waals surface area contributed by atoms with Crippen LogP contribution < -0.4 is 15.4 Å². The van der Waals surface area contributed by atoms with Gasteiger partial charge in [-0.15, -0.1) is 0 Å². The first-order valence-electron chi connectivity index (χ1n) is 6.71. The molecule has 0 radical (unpaired) electrons. The van der Waals surface area contributed by atoms with Crippen molar-refractivity contribution in [1.29, 1.82) is 0 Å². The fraction of sp³-hybridized carbons (Fsp3) is 0.429. The molecule has 0 aromatic heterocycles. The maximum absolute atomic E-state index is 11.8. The van der Waals surface area contributed by atoms with Crippen LogP contribution >= 0.6 is 0 Å². The molecule has 0 bridgehead atoms. The highest BCUT2D eigenvalue weighted by atomic mass is 16.6. The fourth-order valence-corrected chi connectivity index (χ4v) is 1.56. The number of amides is 2. The maximum atomic E-state index is 11.8. The molecule has 1 rings (SSSR count). The third kappa shape index (κ3) is 6.20. The molecule has 0 heterocycles. The fourth-order valence-electron chi connectivity index (χ4n) is 1.56. The lowest BCUT2D eigenvalue weighted by Gasteiger charge is -2.19. The van der Waals surface area contributed by atoms with Crippen LogP contribution in [0, 0.1) is 10.1 Å². The molecule has 126 valence electrons. The number of nitro benzene ring substituents is 1. The van der Waals surface area contributed by atoms with E-state index in [0.717, 1.165) is 0 Å². The van der Waals surface area contributed by atoms with Crippen molar-refractivity contribution in [3.63, 3.8) is 0 Å². The standard InChI is InChI=1S/C14H19N3O6/c1-14(2,3)23-13(19)15-8-12(18)16-10-6-5-9(22-4)7-11(10)17(20)21/h5-7H,8H2,1-4H3,(H,15,19)(H,16,18). The summed E-state index contributed by atoms with van der Waals surface area (Å²) in [5.41, 5.74) is -0.989. The van der Waals surface area contributed by atoms with E-state index in [-0.39, 0.29) is 17.9 Å². The summed E-state index contributed by atoms with van der Waals surface area (Å²) >= 11 is 0. The molecule has 0 atom stereocenters. The summed E-state index contributed by atoms with van der Waals surface area (Å²) in [6, 6.07) is 4.02. The van der Waals surface area contributed by atoms with Gasteiger partial charge in [-0.05, 0) is 32.9 Å². The summed E-state index contributed by atoms with van der Waals surface area (Å²) in [5, 5.41) is 15.6. The second-order valence-electron chi connectivity index (χ2n) is 5.54. The summed E-state index contributed by atoms with van der Waals surface area (Å²) < 4.78 is 9.88. The van der Waals surface area contributed by atoms with E-state index in [1.54, 1.807) is 20.8 Å². The smallest absolute Gasteiger partial charge is 0.408 e. The molecule has 0 aliphatic carbocycles. The van der Waals surface area contributed by atoms with E-state index in [9.17, 15) is 19.7 Å². The van der Waals surface area contributed by atoms with Crippen LogP contribution in [-0.4, -0.2) is 36.2 Å². The summed E-state index contributed by atoms with van der Waals surface area (Å²) in [5.74, 6) is -0.328. The molecule has 1 aromatic carbocycles. The number of ether oxygens (including phenoxy) is 2. The Kier molecular flexibility index (Phi) is 5.88. The van der Waals surface area contributed by atoms with E-state index in [2.05, 4.69) is 10.6 Å². The van der Waals surface area contributed by atoms with Gasteiger partial charge in [0.1, 0.15) is 23.6 Å². The van der Waals surface area contributed by atoms with Gasteiger partial charge in [0.2, 0.25) is 5.91 Å². The molecule has 0 spiro atoms. The van der Waals surface area contributed by atoms with Crippen LogP contribution in [0.3, 0.4) is 0 Å². The second kappa shape index (κ2) is 7.43. The lowest BCUT2D eigenvalue weighted by molar-refractivity contribution is -0.384. The molecule has 9 heteroatoms. The summed E-state index contributed by atoms with van der Waals surface area (Å²) in [6.45, 7) is 4.69. The molecular formula is C14H19N3O6. The molecule has 0 saturated carbocycles. The van der Waals surface area contributed by atoms with Gasteiger partial charge in [-0.2, -0.15) is 0 Å². The molecule has 2 N–H and O–H groups in total. The largest absolute Gasteiger partial charge is 0.496 e. The summed E-state index contributed by atoms with van der Waals surface area (Å²) in [4.78, 5) is 33.6. The van der Waals surface area contributed by atoms with Gasteiger partial charge in [0.15, 0.2) is 0 Å². The number of nitro groups is 1. The van der Waals surface area contributed by atoms with Gasteiger partial charge in [-0.3, -0.25) is 14.9 Å². The Morgan fingerprint density at radius 2 is 1.96 bits per heavy atom. The minimum absolute atomic E-state index is 0.00629. The number of hydrogen-bond acceptors (Lipinski definition) is 6. The number of rotatable bonds is 5. The number of carbonyl (C=O) groups is 2. The van der Waals surface area contributed by atoms with Crippen LogP contribution in [0.25, 0.3) is 0 Å². The molecule has 0 saturated heterocycles. The van der Waals surface area contributed by atoms with Gasteiger partial charge in [0.05, 0.1) is 18.1 Å². The van der Waals surface area contributed by atoms with Crippen molar-refractivity contribution in [3.8, 4) is 5.75 Å².